The molecule has 2 aromatic rings. The van der Waals surface area contributed by atoms with Gasteiger partial charge in [0, 0.05) is 37.9 Å². The Labute approximate surface area is 196 Å². The molecule has 2 aromatic carbocycles. The molecule has 33 heavy (non-hydrogen) atoms. The van der Waals surface area contributed by atoms with Gasteiger partial charge in [0.15, 0.2) is 0 Å². The highest BCUT2D eigenvalue weighted by Crippen LogP contribution is 2.52. The second-order valence-corrected chi connectivity index (χ2v) is 10.2. The molecule has 3 heterocycles. The molecule has 0 unspecified atom stereocenters. The molecule has 3 aliphatic heterocycles. The average molecular weight is 444 g/mol. The number of anilines is 1. The van der Waals surface area contributed by atoms with Gasteiger partial charge in [-0.15, -0.1) is 0 Å². The number of fused-ring (bicyclic) bond motifs is 3. The first kappa shape index (κ1) is 20.9. The third-order valence-electron chi connectivity index (χ3n) is 8.84. The lowest BCUT2D eigenvalue weighted by atomic mass is 9.73. The monoisotopic (exact) mass is 443 g/mol. The van der Waals surface area contributed by atoms with Crippen LogP contribution in [0.3, 0.4) is 0 Å². The van der Waals surface area contributed by atoms with Crippen molar-refractivity contribution < 1.29 is 9.59 Å². The van der Waals surface area contributed by atoms with Gasteiger partial charge in [0.05, 0.1) is 17.4 Å². The maximum Gasteiger partial charge on any atom is 0.235 e. The molecule has 6 rings (SSSR count). The summed E-state index contributed by atoms with van der Waals surface area (Å²) in [4.78, 5) is 33.2. The summed E-state index contributed by atoms with van der Waals surface area (Å²) in [6.45, 7) is 5.00. The highest BCUT2D eigenvalue weighted by Gasteiger charge is 2.64. The molecule has 5 heteroatoms. The summed E-state index contributed by atoms with van der Waals surface area (Å²) in [7, 11) is 0. The number of benzene rings is 2. The Balaban J connectivity index is 1.32. The third-order valence-corrected chi connectivity index (χ3v) is 8.84. The van der Waals surface area contributed by atoms with Gasteiger partial charge in [-0.1, -0.05) is 42.5 Å². The summed E-state index contributed by atoms with van der Waals surface area (Å²) in [6, 6.07) is 19.8. The van der Waals surface area contributed by atoms with Crippen LogP contribution in [0.15, 0.2) is 54.6 Å². The van der Waals surface area contributed by atoms with Crippen molar-refractivity contribution in [3.05, 3.63) is 65.7 Å². The predicted octanol–water partition coefficient (Wildman–Crippen LogP) is 4.04. The van der Waals surface area contributed by atoms with Gasteiger partial charge in [-0.25, -0.2) is 0 Å². The van der Waals surface area contributed by atoms with E-state index < -0.39 is 0 Å². The molecule has 0 N–H and O–H groups in total. The van der Waals surface area contributed by atoms with Crippen molar-refractivity contribution in [2.24, 2.45) is 11.8 Å². The minimum absolute atomic E-state index is 0.0361. The zero-order chi connectivity index (χ0) is 22.6. The van der Waals surface area contributed by atoms with E-state index in [-0.39, 0.29) is 29.2 Å². The maximum atomic E-state index is 13.5. The molecule has 0 aromatic heterocycles. The molecule has 1 aliphatic carbocycles. The van der Waals surface area contributed by atoms with Crippen LogP contribution in [0.4, 0.5) is 5.69 Å². The summed E-state index contributed by atoms with van der Waals surface area (Å²) in [6.07, 6.45) is 5.48. The summed E-state index contributed by atoms with van der Waals surface area (Å²) in [5.41, 5.74) is 3.86. The van der Waals surface area contributed by atoms with Gasteiger partial charge in [-0.05, 0) is 62.3 Å². The minimum Gasteiger partial charge on any atom is -0.364 e. The van der Waals surface area contributed by atoms with E-state index in [4.69, 9.17) is 0 Å². The molecular formula is C28H33N3O2. The second kappa shape index (κ2) is 7.98. The Kier molecular flexibility index (Phi) is 5.06. The lowest BCUT2D eigenvalue weighted by Gasteiger charge is -2.50. The first-order chi connectivity index (χ1) is 16.1. The lowest BCUT2D eigenvalue weighted by Crippen LogP contribution is -2.58. The van der Waals surface area contributed by atoms with Crippen LogP contribution in [0.25, 0.3) is 0 Å². The molecule has 0 saturated carbocycles. The van der Waals surface area contributed by atoms with E-state index in [0.717, 1.165) is 31.6 Å². The van der Waals surface area contributed by atoms with E-state index >= 15 is 0 Å². The number of nitrogens with zero attached hydrogens (tertiary/aromatic N) is 3. The summed E-state index contributed by atoms with van der Waals surface area (Å²) in [5, 5.41) is 0. The number of aryl methyl sites for hydroxylation is 1. The number of carbonyl (C=O) groups excluding carboxylic acids is 2. The van der Waals surface area contributed by atoms with Crippen molar-refractivity contribution in [1.29, 1.82) is 0 Å². The highest BCUT2D eigenvalue weighted by molar-refractivity contribution is 6.07. The van der Waals surface area contributed by atoms with E-state index in [0.29, 0.717) is 19.1 Å². The molecule has 4 aliphatic rings. The van der Waals surface area contributed by atoms with Crippen LogP contribution in [0.2, 0.25) is 0 Å². The number of hydrogen-bond acceptors (Lipinski definition) is 4. The number of amides is 2. The fourth-order valence-electron chi connectivity index (χ4n) is 7.32. The van der Waals surface area contributed by atoms with Gasteiger partial charge in [0.2, 0.25) is 11.8 Å². The predicted molar refractivity (Wildman–Crippen MR) is 129 cm³/mol. The molecule has 3 fully saturated rings. The second-order valence-electron chi connectivity index (χ2n) is 10.2. The molecule has 5 nitrogen and oxygen atoms in total. The molecule has 3 saturated heterocycles. The zero-order valence-corrected chi connectivity index (χ0v) is 19.5. The number of imide groups is 1. The average Bonchev–Trinajstić information content (AvgIpc) is 3.31. The quantitative estimate of drug-likeness (QED) is 0.672. The van der Waals surface area contributed by atoms with Gasteiger partial charge in [0.1, 0.15) is 0 Å². The van der Waals surface area contributed by atoms with Crippen molar-refractivity contribution in [3.63, 3.8) is 0 Å². The number of piperidine rings is 1. The number of likely N-dealkylation sites (tertiary alicyclic amines) is 2. The van der Waals surface area contributed by atoms with Gasteiger partial charge in [-0.3, -0.25) is 19.4 Å². The third kappa shape index (κ3) is 3.08. The Morgan fingerprint density at radius 2 is 1.67 bits per heavy atom. The van der Waals surface area contributed by atoms with Crippen molar-refractivity contribution in [3.8, 4) is 0 Å². The summed E-state index contributed by atoms with van der Waals surface area (Å²) >= 11 is 0. The topological polar surface area (TPSA) is 43.9 Å². The zero-order valence-electron chi connectivity index (χ0n) is 19.5. The van der Waals surface area contributed by atoms with Crippen molar-refractivity contribution in [2.75, 3.05) is 31.1 Å². The molecule has 2 amide bonds. The Morgan fingerprint density at radius 1 is 0.939 bits per heavy atom. The van der Waals surface area contributed by atoms with Crippen LogP contribution in [-0.4, -0.2) is 53.3 Å². The Hall–Kier alpha value is -2.66. The van der Waals surface area contributed by atoms with Crippen LogP contribution in [0, 0.1) is 11.8 Å². The van der Waals surface area contributed by atoms with Gasteiger partial charge >= 0.3 is 0 Å². The molecular weight excluding hydrogens is 410 g/mol. The fourth-order valence-corrected chi connectivity index (χ4v) is 7.32. The highest BCUT2D eigenvalue weighted by atomic mass is 16.2. The number of hydrogen-bond donors (Lipinski definition) is 0. The standard InChI is InChI=1S/C28H33N3O2/c1-2-30-26(32)23-19-31(21-11-4-3-5-12-21)28(25(23)27(30)33)15-17-29(18-16-28)24-14-8-10-20-9-6-7-13-22(20)24/h3-7,9,11-13,23-25H,2,8,10,14-19H2,1H3/t23-,24+,25+/m0/s1. The largest absolute Gasteiger partial charge is 0.364 e. The molecule has 0 bridgehead atoms. The van der Waals surface area contributed by atoms with Crippen LogP contribution in [-0.2, 0) is 16.0 Å². The lowest BCUT2D eigenvalue weighted by molar-refractivity contribution is -0.140. The van der Waals surface area contributed by atoms with Gasteiger partial charge < -0.3 is 4.90 Å². The van der Waals surface area contributed by atoms with Crippen LogP contribution in [0.5, 0.6) is 0 Å². The number of rotatable bonds is 3. The van der Waals surface area contributed by atoms with Crippen molar-refractivity contribution >= 4 is 17.5 Å². The van der Waals surface area contributed by atoms with Crippen molar-refractivity contribution in [1.82, 2.24) is 9.80 Å². The fraction of sp³-hybridized carbons (Fsp3) is 0.500. The Morgan fingerprint density at radius 3 is 2.42 bits per heavy atom. The van der Waals surface area contributed by atoms with E-state index in [1.165, 1.54) is 35.3 Å². The van der Waals surface area contributed by atoms with Crippen molar-refractivity contribution in [2.45, 2.75) is 50.6 Å². The molecule has 0 radical (unpaired) electrons. The molecule has 1 spiro atoms. The van der Waals surface area contributed by atoms with E-state index in [2.05, 4.69) is 58.3 Å². The van der Waals surface area contributed by atoms with Crippen LogP contribution in [0.1, 0.15) is 49.8 Å². The van der Waals surface area contributed by atoms with Crippen LogP contribution < -0.4 is 4.90 Å². The normalized spacial score (nSPS) is 28.9. The van der Waals surface area contributed by atoms with Gasteiger partial charge in [-0.2, -0.15) is 0 Å². The molecule has 172 valence electrons. The smallest absolute Gasteiger partial charge is 0.235 e. The van der Waals surface area contributed by atoms with E-state index in [1.807, 2.05) is 13.0 Å². The molecule has 3 atom stereocenters. The minimum atomic E-state index is -0.270. The Bertz CT molecular complexity index is 1060. The maximum absolute atomic E-state index is 13.5. The first-order valence-corrected chi connectivity index (χ1v) is 12.6. The van der Waals surface area contributed by atoms with E-state index in [9.17, 15) is 9.59 Å². The SMILES string of the molecule is CCN1C(=O)[C@H]2CN(c3ccccc3)C3(CCN([C@@H]4CCCc5ccccc54)CC3)[C@H]2C1=O. The van der Waals surface area contributed by atoms with Crippen LogP contribution >= 0.6 is 0 Å². The number of para-hydroxylation sites is 1. The summed E-state index contributed by atoms with van der Waals surface area (Å²) < 4.78 is 0. The van der Waals surface area contributed by atoms with Gasteiger partial charge in [0.25, 0.3) is 0 Å². The first-order valence-electron chi connectivity index (χ1n) is 12.6. The number of carbonyl (C=O) groups is 2. The summed E-state index contributed by atoms with van der Waals surface area (Å²) in [5.74, 6) is -0.332. The van der Waals surface area contributed by atoms with E-state index in [1.54, 1.807) is 0 Å².